The summed E-state index contributed by atoms with van der Waals surface area (Å²) >= 11 is 3.43. The normalized spacial score (nSPS) is 17.9. The Morgan fingerprint density at radius 1 is 1.10 bits per heavy atom. The summed E-state index contributed by atoms with van der Waals surface area (Å²) in [5.74, 6) is -1.47. The Labute approximate surface area is 189 Å². The van der Waals surface area contributed by atoms with Gasteiger partial charge in [-0.1, -0.05) is 51.8 Å². The lowest BCUT2D eigenvalue weighted by atomic mass is 9.93. The summed E-state index contributed by atoms with van der Waals surface area (Å²) in [5, 5.41) is 11.2. The lowest BCUT2D eigenvalue weighted by molar-refractivity contribution is -0.140. The van der Waals surface area contributed by atoms with Crippen molar-refractivity contribution in [2.75, 3.05) is 0 Å². The fourth-order valence-corrected chi connectivity index (χ4v) is 4.12. The number of aryl methyl sites for hydroxylation is 2. The number of aromatic nitrogens is 1. The van der Waals surface area contributed by atoms with Crippen LogP contribution in [0.1, 0.15) is 33.9 Å². The molecule has 0 spiro atoms. The van der Waals surface area contributed by atoms with Crippen molar-refractivity contribution in [3.05, 3.63) is 105 Å². The zero-order valence-corrected chi connectivity index (χ0v) is 18.8. The number of rotatable bonds is 4. The third-order valence-electron chi connectivity index (χ3n) is 5.45. The van der Waals surface area contributed by atoms with Crippen molar-refractivity contribution in [3.63, 3.8) is 0 Å². The molecule has 156 valence electrons. The summed E-state index contributed by atoms with van der Waals surface area (Å²) < 4.78 is 0.884. The third kappa shape index (κ3) is 4.03. The number of amides is 1. The van der Waals surface area contributed by atoms with Crippen LogP contribution < -0.4 is 0 Å². The molecule has 1 saturated heterocycles. The van der Waals surface area contributed by atoms with Gasteiger partial charge in [0.1, 0.15) is 5.76 Å². The van der Waals surface area contributed by atoms with E-state index in [2.05, 4.69) is 20.9 Å². The lowest BCUT2D eigenvalue weighted by Gasteiger charge is -2.25. The standard InChI is InChI=1S/C25H21BrN2O3/c1-15-5-6-16(2)20(12-15)23(29)21-22(18-7-9-19(26)10-8-18)28(25(31)24(21)30)14-17-4-3-11-27-13-17/h3-13,22,29H,14H2,1-2H3. The molecule has 1 aliphatic heterocycles. The summed E-state index contributed by atoms with van der Waals surface area (Å²) in [7, 11) is 0. The van der Waals surface area contributed by atoms with Crippen LogP contribution in [0.4, 0.5) is 0 Å². The van der Waals surface area contributed by atoms with E-state index in [1.165, 1.54) is 4.90 Å². The summed E-state index contributed by atoms with van der Waals surface area (Å²) in [6.45, 7) is 4.00. The molecule has 2 heterocycles. The summed E-state index contributed by atoms with van der Waals surface area (Å²) in [6, 6.07) is 16.0. The van der Waals surface area contributed by atoms with Gasteiger partial charge in [0.05, 0.1) is 11.6 Å². The molecule has 3 aromatic rings. The van der Waals surface area contributed by atoms with Crippen molar-refractivity contribution < 1.29 is 14.7 Å². The van der Waals surface area contributed by atoms with E-state index in [4.69, 9.17) is 0 Å². The molecule has 1 fully saturated rings. The first-order chi connectivity index (χ1) is 14.9. The number of likely N-dealkylation sites (tertiary alicyclic amines) is 1. The molecule has 5 nitrogen and oxygen atoms in total. The number of benzene rings is 2. The highest BCUT2D eigenvalue weighted by atomic mass is 79.9. The lowest BCUT2D eigenvalue weighted by Crippen LogP contribution is -2.29. The zero-order valence-electron chi connectivity index (χ0n) is 17.2. The van der Waals surface area contributed by atoms with Gasteiger partial charge in [0.2, 0.25) is 0 Å². The number of carbonyl (C=O) groups is 2. The van der Waals surface area contributed by atoms with E-state index in [9.17, 15) is 14.7 Å². The van der Waals surface area contributed by atoms with Crippen LogP contribution in [0.25, 0.3) is 5.76 Å². The van der Waals surface area contributed by atoms with Crippen LogP contribution in [-0.4, -0.2) is 26.7 Å². The Morgan fingerprint density at radius 3 is 2.52 bits per heavy atom. The van der Waals surface area contributed by atoms with Crippen LogP contribution in [0, 0.1) is 13.8 Å². The number of carbonyl (C=O) groups excluding carboxylic acids is 2. The van der Waals surface area contributed by atoms with E-state index in [0.717, 1.165) is 26.7 Å². The quantitative estimate of drug-likeness (QED) is 0.323. The molecular formula is C25H21BrN2O3. The first kappa shape index (κ1) is 21.0. The van der Waals surface area contributed by atoms with Crippen molar-refractivity contribution in [1.29, 1.82) is 0 Å². The zero-order chi connectivity index (χ0) is 22.1. The van der Waals surface area contributed by atoms with Crippen molar-refractivity contribution >= 4 is 33.4 Å². The van der Waals surface area contributed by atoms with Crippen LogP contribution >= 0.6 is 15.9 Å². The number of halogens is 1. The summed E-state index contributed by atoms with van der Waals surface area (Å²) in [4.78, 5) is 31.8. The maximum Gasteiger partial charge on any atom is 0.295 e. The molecule has 1 aliphatic rings. The number of aliphatic hydroxyl groups is 1. The van der Waals surface area contributed by atoms with E-state index >= 15 is 0 Å². The van der Waals surface area contributed by atoms with Crippen LogP contribution in [0.2, 0.25) is 0 Å². The number of pyridine rings is 1. The highest BCUT2D eigenvalue weighted by Gasteiger charge is 2.46. The number of Topliss-reactive ketones (excluding diaryl/α,β-unsaturated/α-hetero) is 1. The van der Waals surface area contributed by atoms with E-state index in [1.807, 2.05) is 62.4 Å². The Balaban J connectivity index is 1.90. The van der Waals surface area contributed by atoms with Gasteiger partial charge >= 0.3 is 0 Å². The first-order valence-corrected chi connectivity index (χ1v) is 10.7. The van der Waals surface area contributed by atoms with E-state index in [1.54, 1.807) is 18.5 Å². The minimum absolute atomic E-state index is 0.102. The van der Waals surface area contributed by atoms with Gasteiger partial charge in [-0.15, -0.1) is 0 Å². The van der Waals surface area contributed by atoms with Crippen LogP contribution in [0.5, 0.6) is 0 Å². The van der Waals surface area contributed by atoms with Crippen LogP contribution in [0.3, 0.4) is 0 Å². The van der Waals surface area contributed by atoms with Gasteiger partial charge in [-0.3, -0.25) is 14.6 Å². The van der Waals surface area contributed by atoms with Gasteiger partial charge in [-0.25, -0.2) is 0 Å². The second-order valence-electron chi connectivity index (χ2n) is 7.66. The van der Waals surface area contributed by atoms with Crippen molar-refractivity contribution in [3.8, 4) is 0 Å². The molecule has 0 saturated carbocycles. The second-order valence-corrected chi connectivity index (χ2v) is 8.57. The van der Waals surface area contributed by atoms with Gasteiger partial charge < -0.3 is 10.0 Å². The van der Waals surface area contributed by atoms with Gasteiger partial charge in [-0.05, 0) is 54.8 Å². The van der Waals surface area contributed by atoms with Gasteiger partial charge in [0.25, 0.3) is 11.7 Å². The molecule has 6 heteroatoms. The Morgan fingerprint density at radius 2 is 1.84 bits per heavy atom. The molecule has 1 unspecified atom stereocenters. The average molecular weight is 477 g/mol. The highest BCUT2D eigenvalue weighted by Crippen LogP contribution is 2.41. The molecule has 2 aromatic carbocycles. The molecule has 4 rings (SSSR count). The van der Waals surface area contributed by atoms with E-state index in [-0.39, 0.29) is 17.9 Å². The van der Waals surface area contributed by atoms with Crippen molar-refractivity contribution in [2.45, 2.75) is 26.4 Å². The van der Waals surface area contributed by atoms with Gasteiger partial charge in [-0.2, -0.15) is 0 Å². The fraction of sp³-hybridized carbons (Fsp3) is 0.160. The maximum atomic E-state index is 13.1. The fourth-order valence-electron chi connectivity index (χ4n) is 3.86. The molecule has 1 N–H and O–H groups in total. The molecule has 1 aromatic heterocycles. The number of hydrogen-bond acceptors (Lipinski definition) is 4. The van der Waals surface area contributed by atoms with E-state index < -0.39 is 17.7 Å². The number of hydrogen-bond donors (Lipinski definition) is 1. The second kappa shape index (κ2) is 8.47. The largest absolute Gasteiger partial charge is 0.507 e. The molecular weight excluding hydrogens is 456 g/mol. The molecule has 1 atom stereocenters. The topological polar surface area (TPSA) is 70.5 Å². The van der Waals surface area contributed by atoms with Gasteiger partial charge in [0, 0.05) is 29.0 Å². The van der Waals surface area contributed by atoms with Gasteiger partial charge in [0.15, 0.2) is 0 Å². The van der Waals surface area contributed by atoms with Crippen LogP contribution in [-0.2, 0) is 16.1 Å². The minimum Gasteiger partial charge on any atom is -0.507 e. The summed E-state index contributed by atoms with van der Waals surface area (Å²) in [5.41, 5.74) is 4.00. The van der Waals surface area contributed by atoms with Crippen LogP contribution in [0.15, 0.2) is 77.0 Å². The third-order valence-corrected chi connectivity index (χ3v) is 5.98. The SMILES string of the molecule is Cc1ccc(C)c(C(O)=C2C(=O)C(=O)N(Cc3cccnc3)C2c2ccc(Br)cc2)c1. The van der Waals surface area contributed by atoms with E-state index in [0.29, 0.717) is 5.56 Å². The van der Waals surface area contributed by atoms with Crippen molar-refractivity contribution in [1.82, 2.24) is 9.88 Å². The monoisotopic (exact) mass is 476 g/mol. The van der Waals surface area contributed by atoms with Crippen molar-refractivity contribution in [2.24, 2.45) is 0 Å². The summed E-state index contributed by atoms with van der Waals surface area (Å²) in [6.07, 6.45) is 3.33. The molecule has 31 heavy (non-hydrogen) atoms. The number of ketones is 1. The number of aliphatic hydroxyl groups excluding tert-OH is 1. The molecule has 1 amide bonds. The Hall–Kier alpha value is -3.25. The Bertz CT molecular complexity index is 1190. The molecule has 0 radical (unpaired) electrons. The predicted molar refractivity (Wildman–Crippen MR) is 122 cm³/mol. The maximum absolute atomic E-state index is 13.1. The minimum atomic E-state index is -0.701. The molecule has 0 bridgehead atoms. The first-order valence-electron chi connectivity index (χ1n) is 9.87. The predicted octanol–water partition coefficient (Wildman–Crippen LogP) is 5.08. The number of nitrogens with zero attached hydrogens (tertiary/aromatic N) is 2. The Kier molecular flexibility index (Phi) is 5.74. The average Bonchev–Trinajstić information content (AvgIpc) is 3.01. The highest BCUT2D eigenvalue weighted by molar-refractivity contribution is 9.10. The molecule has 0 aliphatic carbocycles. The smallest absolute Gasteiger partial charge is 0.295 e.